The Bertz CT molecular complexity index is 569. The first-order chi connectivity index (χ1) is 9.96. The van der Waals surface area contributed by atoms with Crippen LogP contribution in [0, 0.1) is 0 Å². The van der Waals surface area contributed by atoms with Crippen LogP contribution in [-0.2, 0) is 16.7 Å². The minimum atomic E-state index is -3.83. The first kappa shape index (κ1) is 16.2. The molecule has 6 heteroatoms. The molecule has 1 aliphatic rings. The molecule has 0 spiro atoms. The maximum atomic E-state index is 10.7. The molecule has 1 heterocycles. The molecule has 1 aromatic carbocycles. The normalized spacial score (nSPS) is 17.2. The summed E-state index contributed by atoms with van der Waals surface area (Å²) in [6.07, 6.45) is 2.30. The van der Waals surface area contributed by atoms with Gasteiger partial charge in [-0.2, -0.15) is 8.42 Å². The Morgan fingerprint density at radius 1 is 1.19 bits per heavy atom. The van der Waals surface area contributed by atoms with E-state index >= 15 is 0 Å². The van der Waals surface area contributed by atoms with Crippen LogP contribution in [0.15, 0.2) is 30.8 Å². The molecule has 1 saturated heterocycles. The van der Waals surface area contributed by atoms with Gasteiger partial charge in [-0.3, -0.25) is 14.4 Å². The third kappa shape index (κ3) is 5.59. The van der Waals surface area contributed by atoms with Crippen LogP contribution in [0.5, 0.6) is 0 Å². The summed E-state index contributed by atoms with van der Waals surface area (Å²) in [6, 6.07) is 8.33. The van der Waals surface area contributed by atoms with E-state index in [1.165, 1.54) is 5.56 Å². The summed E-state index contributed by atoms with van der Waals surface area (Å²) in [5, 5.41) is 0. The monoisotopic (exact) mass is 310 g/mol. The van der Waals surface area contributed by atoms with Crippen molar-refractivity contribution in [1.29, 1.82) is 0 Å². The van der Waals surface area contributed by atoms with Gasteiger partial charge in [0.25, 0.3) is 10.1 Å². The minimum Gasteiger partial charge on any atom is -0.289 e. The predicted molar refractivity (Wildman–Crippen MR) is 84.4 cm³/mol. The lowest BCUT2D eigenvalue weighted by molar-refractivity contribution is 0.240. The van der Waals surface area contributed by atoms with Gasteiger partial charge in [-0.1, -0.05) is 36.9 Å². The average Bonchev–Trinajstić information content (AvgIpc) is 2.86. The third-order valence-corrected chi connectivity index (χ3v) is 4.44. The van der Waals surface area contributed by atoms with E-state index in [0.717, 1.165) is 31.9 Å². The summed E-state index contributed by atoms with van der Waals surface area (Å²) in [5.74, 6) is -0.160. The van der Waals surface area contributed by atoms with Crippen molar-refractivity contribution < 1.29 is 13.0 Å². The number of hydrogen-bond donors (Lipinski definition) is 1. The van der Waals surface area contributed by atoms with Crippen LogP contribution < -0.4 is 0 Å². The van der Waals surface area contributed by atoms with Crippen LogP contribution in [0.2, 0.25) is 0 Å². The number of hydrogen-bond acceptors (Lipinski definition) is 4. The molecule has 1 aromatic rings. The fourth-order valence-corrected chi connectivity index (χ4v) is 3.00. The molecule has 0 aromatic heterocycles. The maximum Gasteiger partial charge on any atom is 0.264 e. The second-order valence-corrected chi connectivity index (χ2v) is 6.97. The Labute approximate surface area is 126 Å². The molecular formula is C15H22N2O3S. The molecule has 0 radical (unpaired) electrons. The van der Waals surface area contributed by atoms with E-state index in [1.807, 2.05) is 6.08 Å². The van der Waals surface area contributed by atoms with Crippen molar-refractivity contribution in [1.82, 2.24) is 9.80 Å². The highest BCUT2D eigenvalue weighted by Gasteiger charge is 2.19. The molecule has 0 saturated carbocycles. The molecule has 0 atom stereocenters. The Kier molecular flexibility index (Phi) is 5.52. The summed E-state index contributed by atoms with van der Waals surface area (Å²) < 4.78 is 30.1. The molecule has 5 nitrogen and oxygen atoms in total. The summed E-state index contributed by atoms with van der Waals surface area (Å²) in [5.41, 5.74) is 2.38. The van der Waals surface area contributed by atoms with Gasteiger partial charge in [-0.25, -0.2) is 0 Å². The van der Waals surface area contributed by atoms with Crippen LogP contribution in [0.3, 0.4) is 0 Å². The van der Waals surface area contributed by atoms with Crippen LogP contribution in [-0.4, -0.2) is 54.8 Å². The van der Waals surface area contributed by atoms with Gasteiger partial charge < -0.3 is 0 Å². The van der Waals surface area contributed by atoms with Gasteiger partial charge in [0.15, 0.2) is 0 Å². The lowest BCUT2D eigenvalue weighted by atomic mass is 10.1. The number of nitrogens with zero attached hydrogens (tertiary/aromatic N) is 2. The van der Waals surface area contributed by atoms with E-state index in [2.05, 4.69) is 40.6 Å². The van der Waals surface area contributed by atoms with E-state index in [-0.39, 0.29) is 5.75 Å². The zero-order valence-corrected chi connectivity index (χ0v) is 12.9. The standard InChI is InChI=1S/C15H22N2O3S/c1-2-14-4-6-15(7-5-14)12-17-10-9-16(13-17)8-3-11-21(18,19)20/h2,4-7H,1,3,8-13H2,(H,18,19,20). The highest BCUT2D eigenvalue weighted by molar-refractivity contribution is 7.85. The first-order valence-electron chi connectivity index (χ1n) is 7.07. The largest absolute Gasteiger partial charge is 0.289 e. The number of rotatable bonds is 7. The molecule has 1 aliphatic heterocycles. The molecular weight excluding hydrogens is 288 g/mol. The number of benzene rings is 1. The lowest BCUT2D eigenvalue weighted by Gasteiger charge is -2.18. The Hall–Kier alpha value is -1.21. The minimum absolute atomic E-state index is 0.160. The predicted octanol–water partition coefficient (Wildman–Crippen LogP) is 1.68. The van der Waals surface area contributed by atoms with Crippen molar-refractivity contribution in [3.05, 3.63) is 42.0 Å². The molecule has 1 fully saturated rings. The maximum absolute atomic E-state index is 10.7. The van der Waals surface area contributed by atoms with Crippen molar-refractivity contribution in [2.24, 2.45) is 0 Å². The smallest absolute Gasteiger partial charge is 0.264 e. The van der Waals surface area contributed by atoms with Crippen molar-refractivity contribution in [2.75, 3.05) is 32.1 Å². The molecule has 0 unspecified atom stereocenters. The topological polar surface area (TPSA) is 60.9 Å². The van der Waals surface area contributed by atoms with Crippen LogP contribution in [0.4, 0.5) is 0 Å². The van der Waals surface area contributed by atoms with Gasteiger partial charge in [0.2, 0.25) is 0 Å². The highest BCUT2D eigenvalue weighted by Crippen LogP contribution is 2.12. The van der Waals surface area contributed by atoms with Crippen molar-refractivity contribution in [2.45, 2.75) is 13.0 Å². The molecule has 116 valence electrons. The van der Waals surface area contributed by atoms with E-state index in [0.29, 0.717) is 13.0 Å². The van der Waals surface area contributed by atoms with E-state index in [1.54, 1.807) is 0 Å². The quantitative estimate of drug-likeness (QED) is 0.777. The van der Waals surface area contributed by atoms with Crippen molar-refractivity contribution in [3.63, 3.8) is 0 Å². The van der Waals surface area contributed by atoms with Gasteiger partial charge in [0.05, 0.1) is 12.4 Å². The molecule has 1 N–H and O–H groups in total. The van der Waals surface area contributed by atoms with Crippen molar-refractivity contribution >= 4 is 16.2 Å². The van der Waals surface area contributed by atoms with Crippen LogP contribution in [0.25, 0.3) is 6.08 Å². The lowest BCUT2D eigenvalue weighted by Crippen LogP contribution is -2.27. The highest BCUT2D eigenvalue weighted by atomic mass is 32.2. The third-order valence-electron chi connectivity index (χ3n) is 3.63. The first-order valence-corrected chi connectivity index (χ1v) is 8.68. The molecule has 0 aliphatic carbocycles. The fraction of sp³-hybridized carbons (Fsp3) is 0.467. The second kappa shape index (κ2) is 7.17. The van der Waals surface area contributed by atoms with E-state index in [4.69, 9.17) is 4.55 Å². The zero-order valence-electron chi connectivity index (χ0n) is 12.1. The molecule has 21 heavy (non-hydrogen) atoms. The van der Waals surface area contributed by atoms with E-state index < -0.39 is 10.1 Å². The second-order valence-electron chi connectivity index (χ2n) is 5.40. The van der Waals surface area contributed by atoms with Crippen molar-refractivity contribution in [3.8, 4) is 0 Å². The molecule has 2 rings (SSSR count). The van der Waals surface area contributed by atoms with Crippen LogP contribution >= 0.6 is 0 Å². The molecule has 0 bridgehead atoms. The Morgan fingerprint density at radius 2 is 1.86 bits per heavy atom. The van der Waals surface area contributed by atoms with Gasteiger partial charge in [-0.15, -0.1) is 0 Å². The summed E-state index contributed by atoms with van der Waals surface area (Å²) >= 11 is 0. The fourth-order valence-electron chi connectivity index (χ4n) is 2.51. The summed E-state index contributed by atoms with van der Waals surface area (Å²) in [4.78, 5) is 4.54. The van der Waals surface area contributed by atoms with E-state index in [9.17, 15) is 8.42 Å². The summed E-state index contributed by atoms with van der Waals surface area (Å²) in [7, 11) is -3.83. The molecule has 0 amide bonds. The van der Waals surface area contributed by atoms with Gasteiger partial charge in [-0.05, 0) is 17.5 Å². The average molecular weight is 310 g/mol. The summed E-state index contributed by atoms with van der Waals surface area (Å²) in [6.45, 7) is 8.10. The van der Waals surface area contributed by atoms with Gasteiger partial charge in [0.1, 0.15) is 0 Å². The van der Waals surface area contributed by atoms with Gasteiger partial charge >= 0.3 is 0 Å². The Balaban J connectivity index is 1.75. The SMILES string of the molecule is C=Cc1ccc(CN2CCN(CCCS(=O)(=O)O)C2)cc1. The van der Waals surface area contributed by atoms with Crippen LogP contribution in [0.1, 0.15) is 17.5 Å². The zero-order chi connectivity index (χ0) is 15.3. The van der Waals surface area contributed by atoms with Gasteiger partial charge in [0, 0.05) is 26.2 Å². The Morgan fingerprint density at radius 3 is 2.48 bits per heavy atom.